The normalized spacial score (nSPS) is 10.3. The van der Waals surface area contributed by atoms with Crippen LogP contribution in [0.3, 0.4) is 0 Å². The summed E-state index contributed by atoms with van der Waals surface area (Å²) in [7, 11) is 0. The third kappa shape index (κ3) is 5.34. The van der Waals surface area contributed by atoms with Crippen LogP contribution in [-0.4, -0.2) is 29.8 Å². The van der Waals surface area contributed by atoms with Crippen LogP contribution in [0.25, 0.3) is 0 Å². The van der Waals surface area contributed by atoms with Crippen LogP contribution in [0.5, 0.6) is 0 Å². The molecule has 0 fully saturated rings. The second kappa shape index (κ2) is 9.04. The van der Waals surface area contributed by atoms with Crippen LogP contribution in [-0.2, 0) is 16.1 Å². The fourth-order valence-corrected chi connectivity index (χ4v) is 2.82. The summed E-state index contributed by atoms with van der Waals surface area (Å²) in [5.41, 5.74) is 4.85. The van der Waals surface area contributed by atoms with Crippen LogP contribution >= 0.6 is 0 Å². The molecule has 0 bridgehead atoms. The third-order valence-corrected chi connectivity index (χ3v) is 4.33. The van der Waals surface area contributed by atoms with Gasteiger partial charge in [0.05, 0.1) is 6.54 Å². The molecule has 0 unspecified atom stereocenters. The fourth-order valence-electron chi connectivity index (χ4n) is 2.82. The molecule has 138 valence electrons. The Morgan fingerprint density at radius 1 is 1.04 bits per heavy atom. The first-order valence-corrected chi connectivity index (χ1v) is 8.85. The molecule has 0 saturated heterocycles. The first-order chi connectivity index (χ1) is 12.4. The van der Waals surface area contributed by atoms with Crippen molar-refractivity contribution in [1.82, 2.24) is 4.90 Å². The van der Waals surface area contributed by atoms with Gasteiger partial charge in [0.2, 0.25) is 11.8 Å². The maximum atomic E-state index is 12.3. The number of rotatable bonds is 7. The van der Waals surface area contributed by atoms with Gasteiger partial charge in [-0.2, -0.15) is 0 Å². The lowest BCUT2D eigenvalue weighted by molar-refractivity contribution is -0.129. The van der Waals surface area contributed by atoms with E-state index in [1.165, 1.54) is 0 Å². The average molecular weight is 353 g/mol. The van der Waals surface area contributed by atoms with Crippen LogP contribution < -0.4 is 10.6 Å². The summed E-state index contributed by atoms with van der Waals surface area (Å²) in [6.45, 7) is 8.91. The van der Waals surface area contributed by atoms with Crippen molar-refractivity contribution in [2.45, 2.75) is 34.2 Å². The van der Waals surface area contributed by atoms with Crippen LogP contribution in [0.1, 0.15) is 30.5 Å². The van der Waals surface area contributed by atoms with Crippen LogP contribution in [0, 0.1) is 13.8 Å². The Labute approximate surface area is 155 Å². The zero-order valence-electron chi connectivity index (χ0n) is 15.9. The molecule has 2 amide bonds. The molecule has 2 aromatic carbocycles. The summed E-state index contributed by atoms with van der Waals surface area (Å²) >= 11 is 0. The summed E-state index contributed by atoms with van der Waals surface area (Å²) in [6, 6.07) is 13.7. The molecule has 2 rings (SSSR count). The molecule has 0 aliphatic carbocycles. The van der Waals surface area contributed by atoms with Crippen molar-refractivity contribution in [1.29, 1.82) is 0 Å². The highest BCUT2D eigenvalue weighted by atomic mass is 16.2. The van der Waals surface area contributed by atoms with Crippen molar-refractivity contribution in [2.24, 2.45) is 0 Å². The summed E-state index contributed by atoms with van der Waals surface area (Å²) in [4.78, 5) is 25.6. The number of nitrogens with one attached hydrogen (secondary N) is 2. The minimum atomic E-state index is -0.0910. The molecule has 0 saturated carbocycles. The zero-order valence-corrected chi connectivity index (χ0v) is 15.9. The first-order valence-electron chi connectivity index (χ1n) is 8.85. The van der Waals surface area contributed by atoms with Crippen molar-refractivity contribution < 1.29 is 9.59 Å². The number of aryl methyl sites for hydroxylation is 2. The second-order valence-corrected chi connectivity index (χ2v) is 6.40. The zero-order chi connectivity index (χ0) is 19.1. The van der Waals surface area contributed by atoms with E-state index in [0.717, 1.165) is 28.1 Å². The van der Waals surface area contributed by atoms with Gasteiger partial charge >= 0.3 is 0 Å². The minimum absolute atomic E-state index is 0.0545. The maximum Gasteiger partial charge on any atom is 0.243 e. The number of carbonyl (C=O) groups is 2. The molecule has 0 aliphatic rings. The van der Waals surface area contributed by atoms with E-state index in [1.807, 2.05) is 63.2 Å². The molecule has 2 aromatic rings. The molecule has 0 atom stereocenters. The van der Waals surface area contributed by atoms with Crippen molar-refractivity contribution in [3.63, 3.8) is 0 Å². The Bertz CT molecular complexity index is 766. The lowest BCUT2D eigenvalue weighted by Crippen LogP contribution is -2.27. The van der Waals surface area contributed by atoms with E-state index in [1.54, 1.807) is 11.8 Å². The number of benzene rings is 2. The average Bonchev–Trinajstić information content (AvgIpc) is 2.61. The molecule has 0 heterocycles. The SMILES string of the molecule is CCN(Cc1cccc(NCC(=O)Nc2c(C)cccc2C)c1)C(C)=O. The highest BCUT2D eigenvalue weighted by Crippen LogP contribution is 2.19. The number of para-hydroxylation sites is 1. The van der Waals surface area contributed by atoms with Gasteiger partial charge < -0.3 is 15.5 Å². The molecule has 0 aromatic heterocycles. The standard InChI is InChI=1S/C21H27N3O2/c1-5-24(17(4)25)14-18-10-7-11-19(12-18)22-13-20(26)23-21-15(2)8-6-9-16(21)3/h6-12,22H,5,13-14H2,1-4H3,(H,23,26). The first kappa shape index (κ1) is 19.5. The molecule has 0 spiro atoms. The Balaban J connectivity index is 1.96. The Hall–Kier alpha value is -2.82. The molecule has 2 N–H and O–H groups in total. The predicted molar refractivity (Wildman–Crippen MR) is 106 cm³/mol. The highest BCUT2D eigenvalue weighted by molar-refractivity contribution is 5.95. The van der Waals surface area contributed by atoms with E-state index in [-0.39, 0.29) is 18.4 Å². The molecule has 26 heavy (non-hydrogen) atoms. The quantitative estimate of drug-likeness (QED) is 0.797. The van der Waals surface area contributed by atoms with Gasteiger partial charge in [0, 0.05) is 31.4 Å². The van der Waals surface area contributed by atoms with Crippen molar-refractivity contribution in [3.05, 3.63) is 59.2 Å². The van der Waals surface area contributed by atoms with Crippen LogP contribution in [0.4, 0.5) is 11.4 Å². The molecule has 5 nitrogen and oxygen atoms in total. The Kier molecular flexibility index (Phi) is 6.78. The van der Waals surface area contributed by atoms with Gasteiger partial charge in [0.25, 0.3) is 0 Å². The summed E-state index contributed by atoms with van der Waals surface area (Å²) in [6.07, 6.45) is 0. The minimum Gasteiger partial charge on any atom is -0.376 e. The van der Waals surface area contributed by atoms with Gasteiger partial charge in [-0.15, -0.1) is 0 Å². The van der Waals surface area contributed by atoms with E-state index in [9.17, 15) is 9.59 Å². The lowest BCUT2D eigenvalue weighted by atomic mass is 10.1. The van der Waals surface area contributed by atoms with Crippen LogP contribution in [0.2, 0.25) is 0 Å². The number of hydrogen-bond donors (Lipinski definition) is 2. The number of nitrogens with zero attached hydrogens (tertiary/aromatic N) is 1. The largest absolute Gasteiger partial charge is 0.376 e. The van der Waals surface area contributed by atoms with E-state index in [4.69, 9.17) is 0 Å². The van der Waals surface area contributed by atoms with Gasteiger partial charge in [-0.05, 0) is 49.6 Å². The van der Waals surface area contributed by atoms with E-state index >= 15 is 0 Å². The van der Waals surface area contributed by atoms with Gasteiger partial charge in [0.15, 0.2) is 0 Å². The monoisotopic (exact) mass is 353 g/mol. The topological polar surface area (TPSA) is 61.4 Å². The smallest absolute Gasteiger partial charge is 0.243 e. The van der Waals surface area contributed by atoms with Crippen LogP contribution in [0.15, 0.2) is 42.5 Å². The molecule has 0 aliphatic heterocycles. The summed E-state index contributed by atoms with van der Waals surface area (Å²) in [5.74, 6) is -0.0365. The van der Waals surface area contributed by atoms with Gasteiger partial charge in [0.1, 0.15) is 0 Å². The molecule has 0 radical (unpaired) electrons. The number of amides is 2. The van der Waals surface area contributed by atoms with Crippen molar-refractivity contribution >= 4 is 23.2 Å². The molecule has 5 heteroatoms. The van der Waals surface area contributed by atoms with E-state index in [2.05, 4.69) is 10.6 Å². The number of carbonyl (C=O) groups excluding carboxylic acids is 2. The Morgan fingerprint density at radius 3 is 2.31 bits per heavy atom. The Morgan fingerprint density at radius 2 is 1.69 bits per heavy atom. The molecular weight excluding hydrogens is 326 g/mol. The van der Waals surface area contributed by atoms with Crippen molar-refractivity contribution in [2.75, 3.05) is 23.7 Å². The third-order valence-electron chi connectivity index (χ3n) is 4.33. The van der Waals surface area contributed by atoms with E-state index < -0.39 is 0 Å². The highest BCUT2D eigenvalue weighted by Gasteiger charge is 2.09. The van der Waals surface area contributed by atoms with Gasteiger partial charge in [-0.25, -0.2) is 0 Å². The maximum absolute atomic E-state index is 12.3. The van der Waals surface area contributed by atoms with Gasteiger partial charge in [-0.1, -0.05) is 30.3 Å². The fraction of sp³-hybridized carbons (Fsp3) is 0.333. The number of hydrogen-bond acceptors (Lipinski definition) is 3. The lowest BCUT2D eigenvalue weighted by Gasteiger charge is -2.19. The number of anilines is 2. The second-order valence-electron chi connectivity index (χ2n) is 6.40. The molecular formula is C21H27N3O2. The van der Waals surface area contributed by atoms with Gasteiger partial charge in [-0.3, -0.25) is 9.59 Å². The van der Waals surface area contributed by atoms with E-state index in [0.29, 0.717) is 13.1 Å². The summed E-state index contributed by atoms with van der Waals surface area (Å²) < 4.78 is 0. The summed E-state index contributed by atoms with van der Waals surface area (Å²) in [5, 5.41) is 6.11. The van der Waals surface area contributed by atoms with Crippen molar-refractivity contribution in [3.8, 4) is 0 Å². The predicted octanol–water partition coefficient (Wildman–Crippen LogP) is 3.72.